The second-order valence-electron chi connectivity index (χ2n) is 8.53. The summed E-state index contributed by atoms with van der Waals surface area (Å²) in [6.07, 6.45) is 0.930. The molecule has 30 heavy (non-hydrogen) atoms. The van der Waals surface area contributed by atoms with Gasteiger partial charge in [-0.15, -0.1) is 0 Å². The van der Waals surface area contributed by atoms with Crippen molar-refractivity contribution in [3.05, 3.63) is 65.7 Å². The van der Waals surface area contributed by atoms with Crippen molar-refractivity contribution in [2.24, 2.45) is 5.92 Å². The molecule has 1 saturated heterocycles. The fourth-order valence-corrected chi connectivity index (χ4v) is 3.95. The van der Waals surface area contributed by atoms with Gasteiger partial charge in [0.2, 0.25) is 5.91 Å². The Bertz CT molecular complexity index is 825. The highest BCUT2D eigenvalue weighted by molar-refractivity contribution is 5.94. The Balaban J connectivity index is 1.51. The number of rotatable bonds is 8. The van der Waals surface area contributed by atoms with Crippen LogP contribution < -0.4 is 10.2 Å². The number of nitrogens with zero attached hydrogens (tertiary/aromatic N) is 2. The molecule has 1 amide bonds. The van der Waals surface area contributed by atoms with Crippen molar-refractivity contribution in [1.82, 2.24) is 10.2 Å². The first-order valence-electron chi connectivity index (χ1n) is 10.8. The van der Waals surface area contributed by atoms with Crippen molar-refractivity contribution in [3.8, 4) is 0 Å². The van der Waals surface area contributed by atoms with Gasteiger partial charge in [-0.3, -0.25) is 14.5 Å². The van der Waals surface area contributed by atoms with Gasteiger partial charge in [-0.05, 0) is 49.1 Å². The maximum Gasteiger partial charge on any atom is 0.234 e. The van der Waals surface area contributed by atoms with Gasteiger partial charge in [-0.1, -0.05) is 44.2 Å². The second-order valence-corrected chi connectivity index (χ2v) is 8.53. The number of Topliss-reactive ketones (excluding diaryl/α,β-unsaturated/α-hetero) is 1. The van der Waals surface area contributed by atoms with E-state index in [-0.39, 0.29) is 17.7 Å². The van der Waals surface area contributed by atoms with Crippen LogP contribution in [0, 0.1) is 5.92 Å². The van der Waals surface area contributed by atoms with E-state index in [2.05, 4.69) is 41.1 Å². The zero-order valence-electron chi connectivity index (χ0n) is 18.3. The molecule has 5 heteroatoms. The first-order chi connectivity index (χ1) is 14.4. The van der Waals surface area contributed by atoms with Gasteiger partial charge in [0.15, 0.2) is 5.78 Å². The van der Waals surface area contributed by atoms with E-state index in [1.54, 1.807) is 6.92 Å². The molecule has 5 nitrogen and oxygen atoms in total. The van der Waals surface area contributed by atoms with E-state index in [1.165, 1.54) is 5.56 Å². The van der Waals surface area contributed by atoms with E-state index in [9.17, 15) is 9.59 Å². The summed E-state index contributed by atoms with van der Waals surface area (Å²) in [5.74, 6) is 0.681. The van der Waals surface area contributed by atoms with Gasteiger partial charge in [-0.25, -0.2) is 0 Å². The Hall–Kier alpha value is -2.66. The van der Waals surface area contributed by atoms with Crippen LogP contribution in [-0.4, -0.2) is 49.3 Å². The van der Waals surface area contributed by atoms with Crippen LogP contribution in [0.4, 0.5) is 5.69 Å². The molecule has 1 atom stereocenters. The highest BCUT2D eigenvalue weighted by Gasteiger charge is 2.21. The number of carbonyl (C=O) groups is 2. The molecule has 1 N–H and O–H groups in total. The number of benzene rings is 2. The van der Waals surface area contributed by atoms with E-state index in [0.29, 0.717) is 12.5 Å². The van der Waals surface area contributed by atoms with Crippen LogP contribution in [0.1, 0.15) is 49.2 Å². The molecule has 2 aromatic rings. The van der Waals surface area contributed by atoms with Crippen LogP contribution >= 0.6 is 0 Å². The number of amides is 1. The molecule has 1 aliphatic rings. The first kappa shape index (κ1) is 22.0. The van der Waals surface area contributed by atoms with Gasteiger partial charge in [0.25, 0.3) is 0 Å². The van der Waals surface area contributed by atoms with Crippen LogP contribution in [0.2, 0.25) is 0 Å². The highest BCUT2D eigenvalue weighted by atomic mass is 16.2. The van der Waals surface area contributed by atoms with Crippen molar-refractivity contribution in [2.45, 2.75) is 33.2 Å². The lowest BCUT2D eigenvalue weighted by Gasteiger charge is -2.36. The molecule has 1 fully saturated rings. The number of piperazine rings is 1. The van der Waals surface area contributed by atoms with Crippen molar-refractivity contribution in [1.29, 1.82) is 0 Å². The number of nitrogens with one attached hydrogen (secondary N) is 1. The molecule has 0 unspecified atom stereocenters. The Labute approximate surface area is 180 Å². The third-order valence-electron chi connectivity index (χ3n) is 5.62. The molecular formula is C25H33N3O2. The predicted octanol–water partition coefficient (Wildman–Crippen LogP) is 3.91. The average molecular weight is 408 g/mol. The maximum atomic E-state index is 12.7. The first-order valence-corrected chi connectivity index (χ1v) is 10.8. The van der Waals surface area contributed by atoms with Crippen LogP contribution in [0.3, 0.4) is 0 Å². The number of hydrogen-bond acceptors (Lipinski definition) is 4. The smallest absolute Gasteiger partial charge is 0.234 e. The maximum absolute atomic E-state index is 12.7. The van der Waals surface area contributed by atoms with Crippen molar-refractivity contribution < 1.29 is 9.59 Å². The van der Waals surface area contributed by atoms with E-state index < -0.39 is 0 Å². The zero-order chi connectivity index (χ0) is 21.5. The molecule has 1 aliphatic heterocycles. The van der Waals surface area contributed by atoms with Crippen LogP contribution in [-0.2, 0) is 4.79 Å². The summed E-state index contributed by atoms with van der Waals surface area (Å²) in [6.45, 7) is 9.83. The molecular weight excluding hydrogens is 374 g/mol. The van der Waals surface area contributed by atoms with Crippen LogP contribution in [0.15, 0.2) is 54.6 Å². The van der Waals surface area contributed by atoms with E-state index in [4.69, 9.17) is 0 Å². The summed E-state index contributed by atoms with van der Waals surface area (Å²) in [7, 11) is 0. The summed E-state index contributed by atoms with van der Waals surface area (Å²) < 4.78 is 0. The predicted molar refractivity (Wildman–Crippen MR) is 122 cm³/mol. The third-order valence-corrected chi connectivity index (χ3v) is 5.62. The Morgan fingerprint density at radius 1 is 0.933 bits per heavy atom. The minimum Gasteiger partial charge on any atom is -0.369 e. The summed E-state index contributed by atoms with van der Waals surface area (Å²) in [5.41, 5.74) is 3.03. The topological polar surface area (TPSA) is 52.7 Å². The summed E-state index contributed by atoms with van der Waals surface area (Å²) in [4.78, 5) is 28.7. The third kappa shape index (κ3) is 6.17. The SMILES string of the molecule is CC(=O)c1ccc(N2CCN(CC(=O)N[C@@H](CC(C)C)c3ccccc3)CC2)cc1. The standard InChI is InChI=1S/C25H33N3O2/c1-19(2)17-24(22-7-5-4-6-8-22)26-25(30)18-27-13-15-28(16-14-27)23-11-9-21(10-12-23)20(3)29/h4-12,19,24H,13-18H2,1-3H3,(H,26,30)/t24-/m0/s1. The van der Waals surface area contributed by atoms with Gasteiger partial charge in [0, 0.05) is 37.4 Å². The minimum absolute atomic E-state index is 0.0554. The fourth-order valence-electron chi connectivity index (χ4n) is 3.95. The van der Waals surface area contributed by atoms with Gasteiger partial charge in [0.1, 0.15) is 0 Å². The lowest BCUT2D eigenvalue weighted by atomic mass is 9.97. The highest BCUT2D eigenvalue weighted by Crippen LogP contribution is 2.21. The minimum atomic E-state index is 0.0554. The molecule has 160 valence electrons. The van der Waals surface area contributed by atoms with E-state index >= 15 is 0 Å². The van der Waals surface area contributed by atoms with Crippen molar-refractivity contribution in [2.75, 3.05) is 37.6 Å². The Morgan fingerprint density at radius 2 is 1.57 bits per heavy atom. The largest absolute Gasteiger partial charge is 0.369 e. The molecule has 3 rings (SSSR count). The number of ketones is 1. The fraction of sp³-hybridized carbons (Fsp3) is 0.440. The zero-order valence-corrected chi connectivity index (χ0v) is 18.3. The van der Waals surface area contributed by atoms with Gasteiger partial charge in [0.05, 0.1) is 12.6 Å². The quantitative estimate of drug-likeness (QED) is 0.674. The van der Waals surface area contributed by atoms with Gasteiger partial charge >= 0.3 is 0 Å². The molecule has 1 heterocycles. The monoisotopic (exact) mass is 407 g/mol. The van der Waals surface area contributed by atoms with Gasteiger partial charge in [-0.2, -0.15) is 0 Å². The molecule has 0 saturated carbocycles. The normalized spacial score (nSPS) is 15.8. The van der Waals surface area contributed by atoms with E-state index in [1.807, 2.05) is 42.5 Å². The summed E-state index contributed by atoms with van der Waals surface area (Å²) >= 11 is 0. The van der Waals surface area contributed by atoms with Crippen LogP contribution in [0.25, 0.3) is 0 Å². The summed E-state index contributed by atoms with van der Waals surface area (Å²) in [6, 6.07) is 18.1. The van der Waals surface area contributed by atoms with Crippen molar-refractivity contribution >= 4 is 17.4 Å². The lowest BCUT2D eigenvalue weighted by Crippen LogP contribution is -2.49. The molecule has 0 aromatic heterocycles. The lowest BCUT2D eigenvalue weighted by molar-refractivity contribution is -0.123. The summed E-state index contributed by atoms with van der Waals surface area (Å²) in [5, 5.41) is 3.25. The number of hydrogen-bond donors (Lipinski definition) is 1. The molecule has 0 bridgehead atoms. The Kier molecular flexibility index (Phi) is 7.63. The molecule has 0 radical (unpaired) electrons. The molecule has 2 aromatic carbocycles. The van der Waals surface area contributed by atoms with Gasteiger partial charge < -0.3 is 10.2 Å². The number of anilines is 1. The molecule has 0 spiro atoms. The van der Waals surface area contributed by atoms with Crippen molar-refractivity contribution in [3.63, 3.8) is 0 Å². The van der Waals surface area contributed by atoms with E-state index in [0.717, 1.165) is 43.9 Å². The second kappa shape index (κ2) is 10.4. The Morgan fingerprint density at radius 3 is 2.13 bits per heavy atom. The molecule has 0 aliphatic carbocycles. The number of carbonyl (C=O) groups excluding carboxylic acids is 2. The van der Waals surface area contributed by atoms with Crippen LogP contribution in [0.5, 0.6) is 0 Å². The average Bonchev–Trinajstić information content (AvgIpc) is 2.74.